The molecule has 0 radical (unpaired) electrons. The third-order valence-electron chi connectivity index (χ3n) is 4.11. The molecule has 0 amide bonds. The standard InChI is InChI=1S/C16H25BrN2/c1-4-18-13(3)15-6-5-14(11-16(15)17)19-9-7-12(2)8-10-19/h5-6,11-13,18H,4,7-10H2,1-3H3. The summed E-state index contributed by atoms with van der Waals surface area (Å²) >= 11 is 3.73. The molecule has 2 nitrogen and oxygen atoms in total. The van der Waals surface area contributed by atoms with Gasteiger partial charge in [0.2, 0.25) is 0 Å². The van der Waals surface area contributed by atoms with Crippen LogP contribution in [0.1, 0.15) is 45.2 Å². The summed E-state index contributed by atoms with van der Waals surface area (Å²) in [5.74, 6) is 0.882. The molecular weight excluding hydrogens is 300 g/mol. The molecule has 1 aromatic carbocycles. The summed E-state index contributed by atoms with van der Waals surface area (Å²) in [6.45, 7) is 10.1. The molecule has 1 N–H and O–H groups in total. The Kier molecular flexibility index (Phi) is 5.28. The fraction of sp³-hybridized carbons (Fsp3) is 0.625. The zero-order valence-electron chi connectivity index (χ0n) is 12.2. The van der Waals surface area contributed by atoms with Crippen LogP contribution in [0.25, 0.3) is 0 Å². The van der Waals surface area contributed by atoms with E-state index in [9.17, 15) is 0 Å². The highest BCUT2D eigenvalue weighted by atomic mass is 79.9. The lowest BCUT2D eigenvalue weighted by molar-refractivity contribution is 0.438. The molecule has 1 aliphatic rings. The van der Waals surface area contributed by atoms with Gasteiger partial charge in [0.25, 0.3) is 0 Å². The van der Waals surface area contributed by atoms with E-state index in [4.69, 9.17) is 0 Å². The summed E-state index contributed by atoms with van der Waals surface area (Å²) in [4.78, 5) is 2.51. The number of benzene rings is 1. The third-order valence-corrected chi connectivity index (χ3v) is 4.80. The van der Waals surface area contributed by atoms with Crippen molar-refractivity contribution in [1.82, 2.24) is 5.32 Å². The van der Waals surface area contributed by atoms with Crippen LogP contribution in [-0.2, 0) is 0 Å². The molecule has 0 spiro atoms. The van der Waals surface area contributed by atoms with Gasteiger partial charge in [-0.2, -0.15) is 0 Å². The highest BCUT2D eigenvalue weighted by Crippen LogP contribution is 2.30. The summed E-state index contributed by atoms with van der Waals surface area (Å²) in [6.07, 6.45) is 2.63. The van der Waals surface area contributed by atoms with Gasteiger partial charge < -0.3 is 10.2 Å². The van der Waals surface area contributed by atoms with Gasteiger partial charge in [-0.25, -0.2) is 0 Å². The number of halogens is 1. The van der Waals surface area contributed by atoms with Gasteiger partial charge in [-0.3, -0.25) is 0 Å². The number of anilines is 1. The first-order valence-electron chi connectivity index (χ1n) is 7.39. The van der Waals surface area contributed by atoms with Gasteiger partial charge in [0.1, 0.15) is 0 Å². The van der Waals surface area contributed by atoms with Gasteiger partial charge in [0.15, 0.2) is 0 Å². The highest BCUT2D eigenvalue weighted by Gasteiger charge is 2.17. The van der Waals surface area contributed by atoms with E-state index in [0.717, 1.165) is 12.5 Å². The quantitative estimate of drug-likeness (QED) is 0.885. The third kappa shape index (κ3) is 3.73. The molecule has 1 aromatic rings. The average molecular weight is 325 g/mol. The largest absolute Gasteiger partial charge is 0.371 e. The maximum Gasteiger partial charge on any atom is 0.0377 e. The van der Waals surface area contributed by atoms with Gasteiger partial charge in [0, 0.05) is 29.3 Å². The van der Waals surface area contributed by atoms with E-state index in [-0.39, 0.29) is 0 Å². The second kappa shape index (κ2) is 6.76. The maximum atomic E-state index is 3.73. The molecule has 3 heteroatoms. The molecule has 19 heavy (non-hydrogen) atoms. The molecule has 1 unspecified atom stereocenters. The molecule has 1 atom stereocenters. The Labute approximate surface area is 125 Å². The van der Waals surface area contributed by atoms with Gasteiger partial charge in [-0.05, 0) is 49.9 Å². The zero-order chi connectivity index (χ0) is 13.8. The summed E-state index contributed by atoms with van der Waals surface area (Å²) in [5.41, 5.74) is 2.70. The van der Waals surface area contributed by atoms with E-state index in [0.29, 0.717) is 6.04 Å². The Morgan fingerprint density at radius 1 is 1.37 bits per heavy atom. The summed E-state index contributed by atoms with van der Waals surface area (Å²) in [7, 11) is 0. The number of hydrogen-bond acceptors (Lipinski definition) is 2. The van der Waals surface area contributed by atoms with Crippen molar-refractivity contribution >= 4 is 21.6 Å². The predicted octanol–water partition coefficient (Wildman–Crippen LogP) is 4.36. The normalized spacial score (nSPS) is 18.6. The SMILES string of the molecule is CCNC(C)c1ccc(N2CCC(C)CC2)cc1Br. The Balaban J connectivity index is 2.10. The van der Waals surface area contributed by atoms with E-state index in [1.54, 1.807) is 0 Å². The minimum absolute atomic E-state index is 0.398. The maximum absolute atomic E-state index is 3.73. The van der Waals surface area contributed by atoms with Gasteiger partial charge in [-0.15, -0.1) is 0 Å². The highest BCUT2D eigenvalue weighted by molar-refractivity contribution is 9.10. The van der Waals surface area contributed by atoms with Crippen LogP contribution in [0.4, 0.5) is 5.69 Å². The second-order valence-corrected chi connectivity index (χ2v) is 6.51. The van der Waals surface area contributed by atoms with E-state index in [2.05, 4.69) is 65.1 Å². The van der Waals surface area contributed by atoms with Crippen molar-refractivity contribution in [2.24, 2.45) is 5.92 Å². The zero-order valence-corrected chi connectivity index (χ0v) is 13.8. The van der Waals surface area contributed by atoms with Crippen molar-refractivity contribution in [2.45, 2.75) is 39.7 Å². The lowest BCUT2D eigenvalue weighted by atomic mass is 9.98. The first kappa shape index (κ1) is 14.9. The Morgan fingerprint density at radius 3 is 2.63 bits per heavy atom. The molecule has 0 aliphatic carbocycles. The minimum Gasteiger partial charge on any atom is -0.371 e. The van der Waals surface area contributed by atoms with Crippen LogP contribution in [0.5, 0.6) is 0 Å². The molecule has 0 aromatic heterocycles. The fourth-order valence-corrected chi connectivity index (χ4v) is 3.46. The van der Waals surface area contributed by atoms with Crippen LogP contribution in [0.3, 0.4) is 0 Å². The molecule has 106 valence electrons. The van der Waals surface area contributed by atoms with Crippen molar-refractivity contribution in [2.75, 3.05) is 24.5 Å². The summed E-state index contributed by atoms with van der Waals surface area (Å²) in [5, 5.41) is 3.46. The molecule has 1 aliphatic heterocycles. The van der Waals surface area contributed by atoms with Crippen molar-refractivity contribution in [3.8, 4) is 0 Å². The predicted molar refractivity (Wildman–Crippen MR) is 86.8 cm³/mol. The number of hydrogen-bond donors (Lipinski definition) is 1. The van der Waals surface area contributed by atoms with Gasteiger partial charge in [0.05, 0.1) is 0 Å². The molecule has 0 saturated carbocycles. The van der Waals surface area contributed by atoms with Crippen LogP contribution in [-0.4, -0.2) is 19.6 Å². The number of nitrogens with zero attached hydrogens (tertiary/aromatic N) is 1. The minimum atomic E-state index is 0.398. The Hall–Kier alpha value is -0.540. The molecular formula is C16H25BrN2. The van der Waals surface area contributed by atoms with Crippen LogP contribution in [0.2, 0.25) is 0 Å². The number of rotatable bonds is 4. The van der Waals surface area contributed by atoms with Crippen molar-refractivity contribution < 1.29 is 0 Å². The first-order chi connectivity index (χ1) is 9.11. The fourth-order valence-electron chi connectivity index (χ4n) is 2.75. The van der Waals surface area contributed by atoms with E-state index in [1.165, 1.54) is 41.7 Å². The lowest BCUT2D eigenvalue weighted by Crippen LogP contribution is -2.32. The van der Waals surface area contributed by atoms with Crippen LogP contribution in [0.15, 0.2) is 22.7 Å². The monoisotopic (exact) mass is 324 g/mol. The summed E-state index contributed by atoms with van der Waals surface area (Å²) in [6, 6.07) is 7.20. The van der Waals surface area contributed by atoms with E-state index < -0.39 is 0 Å². The molecule has 1 fully saturated rings. The molecule has 1 saturated heterocycles. The van der Waals surface area contributed by atoms with Gasteiger partial charge in [-0.1, -0.05) is 35.8 Å². The smallest absolute Gasteiger partial charge is 0.0377 e. The van der Waals surface area contributed by atoms with E-state index in [1.807, 2.05) is 0 Å². The van der Waals surface area contributed by atoms with E-state index >= 15 is 0 Å². The van der Waals surface area contributed by atoms with Crippen molar-refractivity contribution in [1.29, 1.82) is 0 Å². The molecule has 1 heterocycles. The molecule has 0 bridgehead atoms. The van der Waals surface area contributed by atoms with Crippen LogP contribution in [0, 0.1) is 5.92 Å². The Morgan fingerprint density at radius 2 is 2.05 bits per heavy atom. The Bertz CT molecular complexity index is 411. The second-order valence-electron chi connectivity index (χ2n) is 5.65. The first-order valence-corrected chi connectivity index (χ1v) is 8.19. The van der Waals surface area contributed by atoms with Gasteiger partial charge >= 0.3 is 0 Å². The van der Waals surface area contributed by atoms with Crippen LogP contribution >= 0.6 is 15.9 Å². The topological polar surface area (TPSA) is 15.3 Å². The lowest BCUT2D eigenvalue weighted by Gasteiger charge is -2.32. The number of nitrogens with one attached hydrogen (secondary N) is 1. The molecule has 2 rings (SSSR count). The number of piperidine rings is 1. The van der Waals surface area contributed by atoms with Crippen LogP contribution < -0.4 is 10.2 Å². The average Bonchev–Trinajstić information content (AvgIpc) is 2.39. The summed E-state index contributed by atoms with van der Waals surface area (Å²) < 4.78 is 1.22. The van der Waals surface area contributed by atoms with Crippen molar-refractivity contribution in [3.63, 3.8) is 0 Å². The van der Waals surface area contributed by atoms with Crippen molar-refractivity contribution in [3.05, 3.63) is 28.2 Å².